The molecule has 1 amide bonds. The molecule has 3 aromatic heterocycles. The zero-order valence-electron chi connectivity index (χ0n) is 21.9. The van der Waals surface area contributed by atoms with Gasteiger partial charge in [-0.3, -0.25) is 0 Å². The molecule has 38 heavy (non-hydrogen) atoms. The second-order valence-electron chi connectivity index (χ2n) is 9.16. The first-order valence-corrected chi connectivity index (χ1v) is 11.6. The quantitative estimate of drug-likeness (QED) is 0.355. The van der Waals surface area contributed by atoms with Crippen molar-refractivity contribution in [2.24, 2.45) is 0 Å². The highest BCUT2D eigenvalue weighted by molar-refractivity contribution is 5.69. The van der Waals surface area contributed by atoms with Crippen LogP contribution in [0.2, 0.25) is 0 Å². The number of nitriles is 1. The van der Waals surface area contributed by atoms with Crippen molar-refractivity contribution < 1.29 is 23.4 Å². The van der Waals surface area contributed by atoms with E-state index < -0.39 is 29.6 Å². The van der Waals surface area contributed by atoms with Gasteiger partial charge in [0.05, 0.1) is 55.6 Å². The molecule has 0 aliphatic carbocycles. The lowest BCUT2D eigenvalue weighted by Crippen LogP contribution is -2.48. The normalized spacial score (nSPS) is 12.7. The molecular formula is C24H30FN9O4. The highest BCUT2D eigenvalue weighted by Gasteiger charge is 2.25. The van der Waals surface area contributed by atoms with Crippen molar-refractivity contribution in [3.63, 3.8) is 0 Å². The molecule has 202 valence electrons. The second-order valence-corrected chi connectivity index (χ2v) is 9.16. The summed E-state index contributed by atoms with van der Waals surface area (Å²) in [4.78, 5) is 22.1. The van der Waals surface area contributed by atoms with Crippen LogP contribution in [0.4, 0.5) is 26.5 Å². The van der Waals surface area contributed by atoms with E-state index in [-0.39, 0.29) is 29.7 Å². The molecule has 3 aromatic rings. The van der Waals surface area contributed by atoms with Gasteiger partial charge in [0.2, 0.25) is 5.88 Å². The first-order chi connectivity index (χ1) is 18.0. The van der Waals surface area contributed by atoms with Crippen LogP contribution in [-0.4, -0.2) is 69.6 Å². The van der Waals surface area contributed by atoms with Gasteiger partial charge in [0, 0.05) is 7.11 Å². The molecule has 3 rings (SSSR count). The van der Waals surface area contributed by atoms with Crippen LogP contribution in [0.15, 0.2) is 30.7 Å². The van der Waals surface area contributed by atoms with Crippen LogP contribution in [0.25, 0.3) is 5.69 Å². The monoisotopic (exact) mass is 527 g/mol. The Morgan fingerprint density at radius 1 is 1.21 bits per heavy atom. The van der Waals surface area contributed by atoms with Crippen LogP contribution >= 0.6 is 0 Å². The number of alkyl carbamates (subject to hydrolysis) is 1. The number of methoxy groups -OCH3 is 2. The summed E-state index contributed by atoms with van der Waals surface area (Å²) in [6, 6.07) is 3.51. The Labute approximate surface area is 219 Å². The molecule has 3 heterocycles. The number of anilines is 3. The van der Waals surface area contributed by atoms with Gasteiger partial charge in [0.15, 0.2) is 17.5 Å². The molecular weight excluding hydrogens is 497 g/mol. The number of pyridine rings is 2. The zero-order chi connectivity index (χ0) is 27.9. The summed E-state index contributed by atoms with van der Waals surface area (Å²) in [6.45, 7) is 7.08. The molecule has 13 nitrogen and oxygen atoms in total. The summed E-state index contributed by atoms with van der Waals surface area (Å²) in [6.07, 6.45) is 3.84. The van der Waals surface area contributed by atoms with Gasteiger partial charge in [-0.05, 0) is 39.8 Å². The number of halogens is 1. The minimum atomic E-state index is -0.757. The number of amides is 1. The van der Waals surface area contributed by atoms with Crippen LogP contribution in [0.3, 0.4) is 0 Å². The third-order valence-corrected chi connectivity index (χ3v) is 5.04. The maximum Gasteiger partial charge on any atom is 0.407 e. The first kappa shape index (κ1) is 28.1. The van der Waals surface area contributed by atoms with Gasteiger partial charge >= 0.3 is 6.09 Å². The number of hydrogen-bond acceptors (Lipinski definition) is 11. The molecule has 0 aliphatic heterocycles. The van der Waals surface area contributed by atoms with Crippen LogP contribution < -0.4 is 20.7 Å². The molecule has 0 spiro atoms. The van der Waals surface area contributed by atoms with Gasteiger partial charge < -0.3 is 30.2 Å². The van der Waals surface area contributed by atoms with Crippen molar-refractivity contribution in [3.05, 3.63) is 42.1 Å². The molecule has 0 saturated heterocycles. The summed E-state index contributed by atoms with van der Waals surface area (Å²) >= 11 is 0. The minimum absolute atomic E-state index is 0.0362. The molecule has 0 radical (unpaired) electrons. The fourth-order valence-electron chi connectivity index (χ4n) is 3.32. The lowest BCUT2D eigenvalue weighted by atomic mass is 10.1. The molecule has 0 aromatic carbocycles. The molecule has 0 saturated carbocycles. The minimum Gasteiger partial charge on any atom is -0.479 e. The van der Waals surface area contributed by atoms with E-state index in [1.54, 1.807) is 33.8 Å². The predicted octanol–water partition coefficient (Wildman–Crippen LogP) is 3.16. The van der Waals surface area contributed by atoms with Gasteiger partial charge in [-0.2, -0.15) is 15.5 Å². The molecule has 2 atom stereocenters. The Morgan fingerprint density at radius 2 is 1.92 bits per heavy atom. The van der Waals surface area contributed by atoms with Crippen molar-refractivity contribution in [2.45, 2.75) is 45.4 Å². The summed E-state index contributed by atoms with van der Waals surface area (Å²) in [5.41, 5.74) is 0.140. The summed E-state index contributed by atoms with van der Waals surface area (Å²) in [7, 11) is 2.94. The van der Waals surface area contributed by atoms with Crippen molar-refractivity contribution in [1.29, 1.82) is 5.26 Å². The van der Waals surface area contributed by atoms with Crippen LogP contribution in [-0.2, 0) is 9.47 Å². The number of nitrogens with one attached hydrogen (secondary N) is 3. The molecule has 0 aliphatic rings. The SMILES string of the molecule is COC[C@@H](Nc1nc(Nc2cnc(OC)c(-n3nccn3)c2)c(C#N)cc1F)[C@H](C)NC(=O)OC(C)(C)C. The number of hydrogen-bond donors (Lipinski definition) is 3. The molecule has 0 bridgehead atoms. The highest BCUT2D eigenvalue weighted by atomic mass is 19.1. The van der Waals surface area contributed by atoms with E-state index in [1.807, 2.05) is 6.07 Å². The Balaban J connectivity index is 1.87. The average Bonchev–Trinajstić information content (AvgIpc) is 3.39. The average molecular weight is 528 g/mol. The first-order valence-electron chi connectivity index (χ1n) is 11.6. The third kappa shape index (κ3) is 7.26. The lowest BCUT2D eigenvalue weighted by Gasteiger charge is -2.28. The number of carbonyl (C=O) groups excluding carboxylic acids is 1. The summed E-state index contributed by atoms with van der Waals surface area (Å²) in [5.74, 6) is -0.559. The summed E-state index contributed by atoms with van der Waals surface area (Å²) in [5, 5.41) is 26.4. The van der Waals surface area contributed by atoms with Crippen molar-refractivity contribution in [1.82, 2.24) is 30.3 Å². The number of rotatable bonds is 10. The van der Waals surface area contributed by atoms with Gasteiger partial charge in [-0.25, -0.2) is 19.2 Å². The highest BCUT2D eigenvalue weighted by Crippen LogP contribution is 2.27. The molecule has 0 fully saturated rings. The predicted molar refractivity (Wildman–Crippen MR) is 136 cm³/mol. The number of carbonyl (C=O) groups is 1. The number of nitrogens with zero attached hydrogens (tertiary/aromatic N) is 6. The van der Waals surface area contributed by atoms with E-state index in [9.17, 15) is 14.4 Å². The van der Waals surface area contributed by atoms with Gasteiger partial charge in [0.1, 0.15) is 17.4 Å². The standard InChI is InChI=1S/C24H30FN9O4/c1-14(30-23(35)38-24(2,3)4)18(13-36-5)32-21-17(25)9-15(11-26)20(33-21)31-16-10-19(22(37-6)27-12-16)34-28-7-8-29-34/h7-10,12,14,18H,13H2,1-6H3,(H,30,35)(H2,31,32,33)/t14-,18+/m0/s1. The smallest absolute Gasteiger partial charge is 0.407 e. The van der Waals surface area contributed by atoms with E-state index in [1.165, 1.54) is 37.6 Å². The Bertz CT molecular complexity index is 1290. The maximum absolute atomic E-state index is 14.9. The van der Waals surface area contributed by atoms with Crippen LogP contribution in [0, 0.1) is 17.1 Å². The third-order valence-electron chi connectivity index (χ3n) is 5.04. The molecule has 0 unspecified atom stereocenters. The Morgan fingerprint density at radius 3 is 2.53 bits per heavy atom. The Hall–Kier alpha value is -4.51. The largest absolute Gasteiger partial charge is 0.479 e. The zero-order valence-corrected chi connectivity index (χ0v) is 21.9. The summed E-state index contributed by atoms with van der Waals surface area (Å²) < 4.78 is 30.8. The van der Waals surface area contributed by atoms with Gasteiger partial charge in [-0.1, -0.05) is 0 Å². The molecule has 14 heteroatoms. The molecule has 3 N–H and O–H groups in total. The lowest BCUT2D eigenvalue weighted by molar-refractivity contribution is 0.0493. The number of aromatic nitrogens is 5. The Kier molecular flexibility index (Phi) is 8.98. The van der Waals surface area contributed by atoms with Gasteiger partial charge in [-0.15, -0.1) is 4.80 Å². The van der Waals surface area contributed by atoms with E-state index in [2.05, 4.69) is 36.1 Å². The van der Waals surface area contributed by atoms with E-state index >= 15 is 0 Å². The van der Waals surface area contributed by atoms with E-state index in [0.29, 0.717) is 11.4 Å². The van der Waals surface area contributed by atoms with Crippen LogP contribution in [0.1, 0.15) is 33.3 Å². The van der Waals surface area contributed by atoms with Crippen LogP contribution in [0.5, 0.6) is 5.88 Å². The van der Waals surface area contributed by atoms with E-state index in [4.69, 9.17) is 14.2 Å². The fraction of sp³-hybridized carbons (Fsp3) is 0.417. The van der Waals surface area contributed by atoms with E-state index in [0.717, 1.165) is 6.07 Å². The van der Waals surface area contributed by atoms with Gasteiger partial charge in [0.25, 0.3) is 0 Å². The van der Waals surface area contributed by atoms with Crippen molar-refractivity contribution in [3.8, 4) is 17.6 Å². The second kappa shape index (κ2) is 12.2. The van der Waals surface area contributed by atoms with Crippen molar-refractivity contribution in [2.75, 3.05) is 31.5 Å². The number of ether oxygens (including phenoxy) is 3. The maximum atomic E-state index is 14.9. The van der Waals surface area contributed by atoms with Crippen molar-refractivity contribution >= 4 is 23.4 Å². The topological polar surface area (TPSA) is 161 Å². The fourth-order valence-corrected chi connectivity index (χ4v) is 3.32.